The number of amides is 2. The normalized spacial score (nSPS) is 10.2. The molecule has 2 amide bonds. The van der Waals surface area contributed by atoms with Crippen LogP contribution < -0.4 is 20.7 Å². The van der Waals surface area contributed by atoms with Crippen molar-refractivity contribution in [3.63, 3.8) is 0 Å². The molecule has 0 fully saturated rings. The number of ether oxygens (including phenoxy) is 1. The highest BCUT2D eigenvalue weighted by Crippen LogP contribution is 2.18. The summed E-state index contributed by atoms with van der Waals surface area (Å²) >= 11 is 0. The molecular formula is C25H27N3O3. The van der Waals surface area contributed by atoms with Gasteiger partial charge in [-0.3, -0.25) is 9.59 Å². The van der Waals surface area contributed by atoms with Crippen LogP contribution in [0.1, 0.15) is 18.9 Å². The van der Waals surface area contributed by atoms with E-state index in [9.17, 15) is 9.59 Å². The first-order valence-corrected chi connectivity index (χ1v) is 10.3. The van der Waals surface area contributed by atoms with E-state index in [4.69, 9.17) is 4.74 Å². The average Bonchev–Trinajstić information content (AvgIpc) is 2.77. The van der Waals surface area contributed by atoms with Crippen LogP contribution in [0.5, 0.6) is 5.75 Å². The van der Waals surface area contributed by atoms with Gasteiger partial charge in [-0.1, -0.05) is 36.4 Å². The Kier molecular flexibility index (Phi) is 8.05. The van der Waals surface area contributed by atoms with E-state index in [-0.39, 0.29) is 18.4 Å². The SMILES string of the molecule is CC(=O)Nc1ccc(NC(=O)CNc2cccc(OCCCc3ccccc3)c2)cc1. The number of hydrogen-bond acceptors (Lipinski definition) is 4. The molecule has 0 aliphatic rings. The standard InChI is InChI=1S/C25H27N3O3/c1-19(29)27-21-12-14-22(15-13-21)28-25(30)18-26-23-10-5-11-24(17-23)31-16-6-9-20-7-3-2-4-8-20/h2-5,7-8,10-15,17,26H,6,9,16,18H2,1H3,(H,27,29)(H,28,30). The van der Waals surface area contributed by atoms with Crippen LogP contribution in [0, 0.1) is 0 Å². The highest BCUT2D eigenvalue weighted by molar-refractivity contribution is 5.94. The molecule has 3 rings (SSSR count). The van der Waals surface area contributed by atoms with Crippen LogP contribution in [0.15, 0.2) is 78.9 Å². The second-order valence-corrected chi connectivity index (χ2v) is 7.13. The molecule has 0 heterocycles. The lowest BCUT2D eigenvalue weighted by Gasteiger charge is -2.11. The maximum absolute atomic E-state index is 12.2. The smallest absolute Gasteiger partial charge is 0.243 e. The van der Waals surface area contributed by atoms with Crippen molar-refractivity contribution < 1.29 is 14.3 Å². The third-order valence-electron chi connectivity index (χ3n) is 4.50. The number of anilines is 3. The third kappa shape index (κ3) is 7.85. The van der Waals surface area contributed by atoms with Gasteiger partial charge in [0.05, 0.1) is 13.2 Å². The number of benzene rings is 3. The zero-order chi connectivity index (χ0) is 21.9. The maximum Gasteiger partial charge on any atom is 0.243 e. The highest BCUT2D eigenvalue weighted by atomic mass is 16.5. The van der Waals surface area contributed by atoms with E-state index < -0.39 is 0 Å². The topological polar surface area (TPSA) is 79.5 Å². The summed E-state index contributed by atoms with van der Waals surface area (Å²) in [6.07, 6.45) is 1.91. The molecule has 0 aliphatic carbocycles. The Morgan fingerprint density at radius 1 is 0.806 bits per heavy atom. The Balaban J connectivity index is 1.40. The molecule has 3 aromatic rings. The summed E-state index contributed by atoms with van der Waals surface area (Å²) in [5.41, 5.74) is 3.47. The molecule has 0 atom stereocenters. The Labute approximate surface area is 182 Å². The lowest BCUT2D eigenvalue weighted by atomic mass is 10.1. The van der Waals surface area contributed by atoms with Crippen molar-refractivity contribution in [3.8, 4) is 5.75 Å². The second kappa shape index (κ2) is 11.4. The highest BCUT2D eigenvalue weighted by Gasteiger charge is 2.04. The van der Waals surface area contributed by atoms with Crippen molar-refractivity contribution in [1.82, 2.24) is 0 Å². The molecule has 0 aromatic heterocycles. The molecule has 3 N–H and O–H groups in total. The summed E-state index contributed by atoms with van der Waals surface area (Å²) in [5.74, 6) is 0.469. The van der Waals surface area contributed by atoms with Gasteiger partial charge in [-0.25, -0.2) is 0 Å². The molecule has 0 saturated heterocycles. The largest absolute Gasteiger partial charge is 0.494 e. The number of aryl methyl sites for hydroxylation is 1. The fourth-order valence-electron chi connectivity index (χ4n) is 3.03. The molecule has 160 valence electrons. The molecule has 6 heteroatoms. The van der Waals surface area contributed by atoms with Gasteiger partial charge in [0, 0.05) is 30.1 Å². The van der Waals surface area contributed by atoms with Crippen molar-refractivity contribution >= 4 is 28.9 Å². The van der Waals surface area contributed by atoms with Crippen molar-refractivity contribution in [1.29, 1.82) is 0 Å². The van der Waals surface area contributed by atoms with Crippen LogP contribution in [-0.4, -0.2) is 25.0 Å². The predicted molar refractivity (Wildman–Crippen MR) is 125 cm³/mol. The molecule has 0 saturated carbocycles. The number of carbonyl (C=O) groups is 2. The van der Waals surface area contributed by atoms with E-state index in [1.165, 1.54) is 12.5 Å². The summed E-state index contributed by atoms with van der Waals surface area (Å²) in [6, 6.07) is 24.9. The maximum atomic E-state index is 12.2. The minimum absolute atomic E-state index is 0.130. The Morgan fingerprint density at radius 2 is 1.52 bits per heavy atom. The minimum atomic E-state index is -0.165. The first-order chi connectivity index (χ1) is 15.1. The van der Waals surface area contributed by atoms with Gasteiger partial charge in [-0.15, -0.1) is 0 Å². The van der Waals surface area contributed by atoms with E-state index >= 15 is 0 Å². The monoisotopic (exact) mass is 417 g/mol. The average molecular weight is 418 g/mol. The van der Waals surface area contributed by atoms with Crippen LogP contribution >= 0.6 is 0 Å². The van der Waals surface area contributed by atoms with Crippen LogP contribution in [0.3, 0.4) is 0 Å². The molecule has 0 aliphatic heterocycles. The van der Waals surface area contributed by atoms with Crippen LogP contribution in [-0.2, 0) is 16.0 Å². The minimum Gasteiger partial charge on any atom is -0.494 e. The number of rotatable bonds is 10. The summed E-state index contributed by atoms with van der Waals surface area (Å²) < 4.78 is 5.84. The number of hydrogen-bond donors (Lipinski definition) is 3. The molecule has 3 aromatic carbocycles. The van der Waals surface area contributed by atoms with Crippen LogP contribution in [0.2, 0.25) is 0 Å². The van der Waals surface area contributed by atoms with E-state index in [1.807, 2.05) is 42.5 Å². The van der Waals surface area contributed by atoms with Crippen molar-refractivity contribution in [2.45, 2.75) is 19.8 Å². The number of nitrogens with one attached hydrogen (secondary N) is 3. The summed E-state index contributed by atoms with van der Waals surface area (Å²) in [5, 5.41) is 8.62. The van der Waals surface area contributed by atoms with Gasteiger partial charge >= 0.3 is 0 Å². The van der Waals surface area contributed by atoms with Gasteiger partial charge in [0.2, 0.25) is 11.8 Å². The zero-order valence-electron chi connectivity index (χ0n) is 17.6. The molecule has 0 bridgehead atoms. The Hall–Kier alpha value is -3.80. The lowest BCUT2D eigenvalue weighted by Crippen LogP contribution is -2.21. The van der Waals surface area contributed by atoms with E-state index in [1.54, 1.807) is 24.3 Å². The van der Waals surface area contributed by atoms with Gasteiger partial charge in [0.25, 0.3) is 0 Å². The Bertz CT molecular complexity index is 988. The molecule has 0 spiro atoms. The molecule has 0 unspecified atom stereocenters. The molecule has 0 radical (unpaired) electrons. The quantitative estimate of drug-likeness (QED) is 0.418. The molecule has 6 nitrogen and oxygen atoms in total. The van der Waals surface area contributed by atoms with Crippen LogP contribution in [0.25, 0.3) is 0 Å². The second-order valence-electron chi connectivity index (χ2n) is 7.13. The van der Waals surface area contributed by atoms with Gasteiger partial charge in [0.1, 0.15) is 5.75 Å². The first kappa shape index (κ1) is 21.9. The van der Waals surface area contributed by atoms with Crippen molar-refractivity contribution in [2.75, 3.05) is 29.1 Å². The van der Waals surface area contributed by atoms with E-state index in [0.717, 1.165) is 24.3 Å². The van der Waals surface area contributed by atoms with Gasteiger partial charge < -0.3 is 20.7 Å². The third-order valence-corrected chi connectivity index (χ3v) is 4.50. The fraction of sp³-hybridized carbons (Fsp3) is 0.200. The van der Waals surface area contributed by atoms with E-state index in [0.29, 0.717) is 18.0 Å². The summed E-state index contributed by atoms with van der Waals surface area (Å²) in [4.78, 5) is 23.3. The van der Waals surface area contributed by atoms with Gasteiger partial charge in [-0.2, -0.15) is 0 Å². The zero-order valence-corrected chi connectivity index (χ0v) is 17.6. The van der Waals surface area contributed by atoms with Crippen molar-refractivity contribution in [3.05, 3.63) is 84.4 Å². The lowest BCUT2D eigenvalue weighted by molar-refractivity contribution is -0.115. The predicted octanol–water partition coefficient (Wildman–Crippen LogP) is 4.71. The first-order valence-electron chi connectivity index (χ1n) is 10.3. The van der Waals surface area contributed by atoms with Crippen LogP contribution in [0.4, 0.5) is 17.1 Å². The van der Waals surface area contributed by atoms with Gasteiger partial charge in [0.15, 0.2) is 0 Å². The fourth-order valence-corrected chi connectivity index (χ4v) is 3.03. The van der Waals surface area contributed by atoms with Crippen molar-refractivity contribution in [2.24, 2.45) is 0 Å². The molecular weight excluding hydrogens is 390 g/mol. The van der Waals surface area contributed by atoms with E-state index in [2.05, 4.69) is 28.1 Å². The van der Waals surface area contributed by atoms with Gasteiger partial charge in [-0.05, 0) is 54.8 Å². The molecule has 31 heavy (non-hydrogen) atoms. The summed E-state index contributed by atoms with van der Waals surface area (Å²) in [6.45, 7) is 2.21. The Morgan fingerprint density at radius 3 is 2.23 bits per heavy atom. The number of carbonyl (C=O) groups excluding carboxylic acids is 2. The summed E-state index contributed by atoms with van der Waals surface area (Å²) in [7, 11) is 0.